The number of hydrogen-bond acceptors (Lipinski definition) is 8. The Morgan fingerprint density at radius 1 is 1.69 bits per heavy atom. The van der Waals surface area contributed by atoms with Gasteiger partial charge >= 0.3 is 11.7 Å². The summed E-state index contributed by atoms with van der Waals surface area (Å²) in [7, 11) is 0. The average molecular weight is 374 g/mol. The standard InChI is InChI=1S/C15H20FN3O7/c1-7(2)10(17)13(23)25-6-15(16)3-9(21)12(26-15)19-4-8(5-20)11(22)18-14(19)24/h4-5,7,9-10,12,21H,3,6,17H2,1-2H3,(H,18,22,24)/t9-,10+,12-,15+/m1/s1/i12D. The minimum absolute atomic E-state index is 0.122. The van der Waals surface area contributed by atoms with E-state index in [2.05, 4.69) is 0 Å². The van der Waals surface area contributed by atoms with Crippen molar-refractivity contribution < 1.29 is 29.9 Å². The second kappa shape index (κ2) is 7.48. The molecule has 0 unspecified atom stereocenters. The number of rotatable bonds is 6. The molecule has 0 spiro atoms. The van der Waals surface area contributed by atoms with Crippen LogP contribution in [-0.4, -0.2) is 51.5 Å². The van der Waals surface area contributed by atoms with E-state index in [-0.39, 0.29) is 12.2 Å². The van der Waals surface area contributed by atoms with Gasteiger partial charge in [0.2, 0.25) is 5.85 Å². The van der Waals surface area contributed by atoms with Crippen LogP contribution in [0.4, 0.5) is 4.39 Å². The smallest absolute Gasteiger partial charge is 0.330 e. The topological polar surface area (TPSA) is 154 Å². The molecule has 0 saturated carbocycles. The number of nitrogens with two attached hydrogens (primary N) is 1. The van der Waals surface area contributed by atoms with Crippen molar-refractivity contribution in [3.05, 3.63) is 32.6 Å². The van der Waals surface area contributed by atoms with Crippen LogP contribution < -0.4 is 17.0 Å². The number of aldehydes is 1. The molecule has 144 valence electrons. The molecule has 0 bridgehead atoms. The first-order valence-electron chi connectivity index (χ1n) is 8.24. The first kappa shape index (κ1) is 18.4. The van der Waals surface area contributed by atoms with Crippen molar-refractivity contribution in [1.82, 2.24) is 9.55 Å². The summed E-state index contributed by atoms with van der Waals surface area (Å²) in [6.45, 7) is 2.35. The van der Waals surface area contributed by atoms with Gasteiger partial charge in [0, 0.05) is 12.6 Å². The van der Waals surface area contributed by atoms with Gasteiger partial charge in [0.05, 0.1) is 6.93 Å². The lowest BCUT2D eigenvalue weighted by molar-refractivity contribution is -0.196. The zero-order chi connectivity index (χ0) is 20.6. The number of carbonyl (C=O) groups is 2. The van der Waals surface area contributed by atoms with Gasteiger partial charge in [-0.05, 0) is 5.92 Å². The normalized spacial score (nSPS) is 30.1. The molecule has 4 N–H and O–H groups in total. The van der Waals surface area contributed by atoms with Crippen LogP contribution >= 0.6 is 0 Å². The fourth-order valence-electron chi connectivity index (χ4n) is 2.25. The Labute approximate surface area is 148 Å². The second-order valence-corrected chi connectivity index (χ2v) is 6.25. The number of ether oxygens (including phenoxy) is 2. The van der Waals surface area contributed by atoms with Crippen molar-refractivity contribution in [2.75, 3.05) is 6.61 Å². The molecule has 10 nitrogen and oxygen atoms in total. The van der Waals surface area contributed by atoms with E-state index in [4.69, 9.17) is 16.6 Å². The number of aromatic amines is 1. The van der Waals surface area contributed by atoms with Crippen LogP contribution in [0.1, 0.15) is 38.2 Å². The first-order valence-corrected chi connectivity index (χ1v) is 7.74. The van der Waals surface area contributed by atoms with Gasteiger partial charge in [-0.1, -0.05) is 13.8 Å². The minimum atomic E-state index is -2.79. The summed E-state index contributed by atoms with van der Waals surface area (Å²) in [5.74, 6) is -3.95. The van der Waals surface area contributed by atoms with E-state index in [1.165, 1.54) is 0 Å². The lowest BCUT2D eigenvalue weighted by Crippen LogP contribution is -2.40. The number of nitrogens with one attached hydrogen (secondary N) is 1. The highest BCUT2D eigenvalue weighted by Gasteiger charge is 2.49. The van der Waals surface area contributed by atoms with Gasteiger partial charge in [-0.3, -0.25) is 23.9 Å². The molecule has 1 fully saturated rings. The van der Waals surface area contributed by atoms with Crippen LogP contribution in [-0.2, 0) is 14.3 Å². The Morgan fingerprint density at radius 3 is 2.92 bits per heavy atom. The van der Waals surface area contributed by atoms with Crippen molar-refractivity contribution >= 4 is 12.3 Å². The van der Waals surface area contributed by atoms with Crippen molar-refractivity contribution in [3.63, 3.8) is 0 Å². The third-order valence-electron chi connectivity index (χ3n) is 3.83. The number of H-pyrrole nitrogens is 1. The molecule has 1 aliphatic rings. The molecule has 0 aliphatic carbocycles. The largest absolute Gasteiger partial charge is 0.458 e. The summed E-state index contributed by atoms with van der Waals surface area (Å²) in [6, 6.07) is -1.00. The zero-order valence-corrected chi connectivity index (χ0v) is 14.1. The van der Waals surface area contributed by atoms with Gasteiger partial charge in [0.15, 0.2) is 19.1 Å². The van der Waals surface area contributed by atoms with Crippen molar-refractivity contribution in [2.24, 2.45) is 11.7 Å². The van der Waals surface area contributed by atoms with Crippen molar-refractivity contribution in [2.45, 2.75) is 44.5 Å². The van der Waals surface area contributed by atoms with E-state index >= 15 is 0 Å². The Kier molecular flexibility index (Phi) is 5.30. The summed E-state index contributed by atoms with van der Waals surface area (Å²) in [6.07, 6.45) is -4.57. The first-order chi connectivity index (χ1) is 12.4. The van der Waals surface area contributed by atoms with Crippen molar-refractivity contribution in [1.29, 1.82) is 0 Å². The van der Waals surface area contributed by atoms with Gasteiger partial charge in [0.1, 0.15) is 12.1 Å². The van der Waals surface area contributed by atoms with Gasteiger partial charge in [-0.25, -0.2) is 9.18 Å². The molecule has 0 amide bonds. The number of carbonyl (C=O) groups excluding carboxylic acids is 2. The molecule has 1 aliphatic heterocycles. The summed E-state index contributed by atoms with van der Waals surface area (Å²) < 4.78 is 33.1. The zero-order valence-electron chi connectivity index (χ0n) is 15.1. The molecule has 1 aromatic rings. The third kappa shape index (κ3) is 4.06. The molecule has 2 rings (SSSR count). The lowest BCUT2D eigenvalue weighted by Gasteiger charge is -2.22. The predicted molar refractivity (Wildman–Crippen MR) is 85.1 cm³/mol. The highest BCUT2D eigenvalue weighted by atomic mass is 19.2. The minimum Gasteiger partial charge on any atom is -0.458 e. The Hall–Kier alpha value is -2.37. The molecule has 11 heteroatoms. The van der Waals surface area contributed by atoms with Crippen LogP contribution in [0.3, 0.4) is 0 Å². The third-order valence-corrected chi connectivity index (χ3v) is 3.83. The van der Waals surface area contributed by atoms with E-state index in [1.54, 1.807) is 18.8 Å². The van der Waals surface area contributed by atoms with Crippen LogP contribution in [0.2, 0.25) is 0 Å². The summed E-state index contributed by atoms with van der Waals surface area (Å²) in [5.41, 5.74) is 2.86. The van der Waals surface area contributed by atoms with E-state index in [0.29, 0.717) is 10.8 Å². The van der Waals surface area contributed by atoms with E-state index < -0.39 is 60.0 Å². The summed E-state index contributed by atoms with van der Waals surface area (Å²) >= 11 is 0. The lowest BCUT2D eigenvalue weighted by atomic mass is 10.1. The second-order valence-electron chi connectivity index (χ2n) is 6.25. The van der Waals surface area contributed by atoms with E-state index in [9.17, 15) is 28.7 Å². The monoisotopic (exact) mass is 374 g/mol. The Morgan fingerprint density at radius 2 is 2.35 bits per heavy atom. The number of aliphatic hydroxyl groups excluding tert-OH is 1. The average Bonchev–Trinajstić information content (AvgIpc) is 2.82. The maximum absolute atomic E-state index is 14.9. The number of aliphatic hydroxyl groups is 1. The molecule has 0 aromatic carbocycles. The fourth-order valence-corrected chi connectivity index (χ4v) is 2.25. The maximum atomic E-state index is 14.9. The summed E-state index contributed by atoms with van der Waals surface area (Å²) in [4.78, 5) is 47.8. The molecule has 0 radical (unpaired) electrons. The number of halogens is 1. The van der Waals surface area contributed by atoms with Gasteiger partial charge in [-0.2, -0.15) is 0 Å². The molecule has 1 saturated heterocycles. The van der Waals surface area contributed by atoms with Gasteiger partial charge < -0.3 is 20.3 Å². The SMILES string of the molecule is [2H][C@@]1(n2cc(C=O)c(=O)[nH]c2=O)O[C@](F)(COC(=O)[C@@H](N)C(C)C)C[C@H]1O. The molecule has 2 heterocycles. The number of esters is 1. The maximum Gasteiger partial charge on any atom is 0.330 e. The number of nitrogens with zero attached hydrogens (tertiary/aromatic N) is 1. The van der Waals surface area contributed by atoms with Crippen LogP contribution in [0.5, 0.6) is 0 Å². The number of aromatic nitrogens is 2. The summed E-state index contributed by atoms with van der Waals surface area (Å²) in [5, 5.41) is 10.1. The molecular formula is C15H20FN3O7. The molecule has 26 heavy (non-hydrogen) atoms. The predicted octanol–water partition coefficient (Wildman–Crippen LogP) is -1.18. The van der Waals surface area contributed by atoms with Crippen molar-refractivity contribution in [3.8, 4) is 0 Å². The van der Waals surface area contributed by atoms with Crippen LogP contribution in [0.25, 0.3) is 0 Å². The Balaban J connectivity index is 2.26. The number of alkyl halides is 1. The van der Waals surface area contributed by atoms with Crippen LogP contribution in [0, 0.1) is 5.92 Å². The molecule has 1 aromatic heterocycles. The fraction of sp³-hybridized carbons (Fsp3) is 0.600. The van der Waals surface area contributed by atoms with E-state index in [1.807, 2.05) is 0 Å². The molecular weight excluding hydrogens is 353 g/mol. The van der Waals surface area contributed by atoms with Crippen LogP contribution in [0.15, 0.2) is 15.8 Å². The number of hydrogen-bond donors (Lipinski definition) is 3. The highest BCUT2D eigenvalue weighted by molar-refractivity contribution is 5.75. The molecule has 4 atom stereocenters. The van der Waals surface area contributed by atoms with Gasteiger partial charge in [0.25, 0.3) is 5.56 Å². The Bertz CT molecular complexity index is 857. The van der Waals surface area contributed by atoms with E-state index in [0.717, 1.165) is 0 Å². The quantitative estimate of drug-likeness (QED) is 0.415. The van der Waals surface area contributed by atoms with Gasteiger partial charge in [-0.15, -0.1) is 0 Å². The highest BCUT2D eigenvalue weighted by Crippen LogP contribution is 2.37.